The van der Waals surface area contributed by atoms with Crippen LogP contribution in [0.2, 0.25) is 18.1 Å². The van der Waals surface area contributed by atoms with Crippen molar-refractivity contribution >= 4 is 14.3 Å². The molecule has 0 aromatic carbocycles. The number of nitrogens with zero attached hydrogens (tertiary/aromatic N) is 1. The third kappa shape index (κ3) is 4.39. The third-order valence-corrected chi connectivity index (χ3v) is 8.84. The second-order valence-corrected chi connectivity index (χ2v) is 13.3. The quantitative estimate of drug-likeness (QED) is 0.567. The van der Waals surface area contributed by atoms with E-state index in [1.165, 1.54) is 14.2 Å². The largest absolute Gasteiger partial charge is 0.467 e. The number of oxazole rings is 1. The van der Waals surface area contributed by atoms with Crippen molar-refractivity contribution in [2.45, 2.75) is 65.8 Å². The molecule has 0 spiro atoms. The lowest BCUT2D eigenvalue weighted by atomic mass is 9.89. The van der Waals surface area contributed by atoms with Crippen molar-refractivity contribution in [1.82, 2.24) is 4.98 Å². The summed E-state index contributed by atoms with van der Waals surface area (Å²) in [5.74, 6) is -0.212. The van der Waals surface area contributed by atoms with Gasteiger partial charge in [-0.3, -0.25) is 0 Å². The fraction of sp³-hybridized carbons (Fsp3) is 0.765. The minimum Gasteiger partial charge on any atom is -0.467 e. The van der Waals surface area contributed by atoms with Gasteiger partial charge < -0.3 is 18.3 Å². The van der Waals surface area contributed by atoms with Crippen molar-refractivity contribution in [2.24, 2.45) is 5.41 Å². The maximum atomic E-state index is 11.9. The average Bonchev–Trinajstić information content (AvgIpc) is 2.85. The lowest BCUT2D eigenvalue weighted by Crippen LogP contribution is -2.44. The first-order valence-electron chi connectivity index (χ1n) is 8.05. The number of carbonyl (C=O) groups excluding carboxylic acids is 1. The van der Waals surface area contributed by atoms with Gasteiger partial charge in [0.2, 0.25) is 11.6 Å². The normalized spacial score (nSPS) is 14.4. The Hall–Kier alpha value is -1.34. The van der Waals surface area contributed by atoms with Gasteiger partial charge >= 0.3 is 11.9 Å². The maximum absolute atomic E-state index is 11.9. The van der Waals surface area contributed by atoms with E-state index in [4.69, 9.17) is 18.3 Å². The van der Waals surface area contributed by atoms with Gasteiger partial charge in [0, 0.05) is 0 Å². The Morgan fingerprint density at radius 1 is 1.12 bits per heavy atom. The number of aromatic nitrogens is 1. The van der Waals surface area contributed by atoms with Crippen molar-refractivity contribution in [3.8, 4) is 5.95 Å². The Labute approximate surface area is 146 Å². The van der Waals surface area contributed by atoms with Crippen molar-refractivity contribution in [2.75, 3.05) is 14.2 Å². The highest BCUT2D eigenvalue weighted by molar-refractivity contribution is 6.74. The third-order valence-electron chi connectivity index (χ3n) is 4.41. The van der Waals surface area contributed by atoms with E-state index in [0.29, 0.717) is 5.89 Å². The van der Waals surface area contributed by atoms with Gasteiger partial charge in [-0.1, -0.05) is 41.5 Å². The summed E-state index contributed by atoms with van der Waals surface area (Å²) < 4.78 is 22.1. The molecule has 0 bridgehead atoms. The first kappa shape index (κ1) is 20.7. The summed E-state index contributed by atoms with van der Waals surface area (Å²) in [6.45, 7) is 17.0. The lowest BCUT2D eigenvalue weighted by Gasteiger charge is -2.41. The highest BCUT2D eigenvalue weighted by Crippen LogP contribution is 2.45. The van der Waals surface area contributed by atoms with Crippen LogP contribution in [-0.4, -0.2) is 33.5 Å². The molecule has 0 aliphatic carbocycles. The number of esters is 1. The second-order valence-electron chi connectivity index (χ2n) is 8.51. The first-order chi connectivity index (χ1) is 10.7. The van der Waals surface area contributed by atoms with Crippen molar-refractivity contribution in [3.05, 3.63) is 11.6 Å². The van der Waals surface area contributed by atoms with Gasteiger partial charge in [0.25, 0.3) is 0 Å². The molecule has 1 atom stereocenters. The topological polar surface area (TPSA) is 70.8 Å². The first-order valence-corrected chi connectivity index (χ1v) is 11.0. The Bertz CT molecular complexity index is 581. The van der Waals surface area contributed by atoms with Gasteiger partial charge in [-0.25, -0.2) is 9.78 Å². The van der Waals surface area contributed by atoms with Gasteiger partial charge in [-0.05, 0) is 23.5 Å². The Morgan fingerprint density at radius 2 is 1.67 bits per heavy atom. The molecule has 138 valence electrons. The molecule has 0 aliphatic rings. The van der Waals surface area contributed by atoms with Crippen molar-refractivity contribution in [1.29, 1.82) is 0 Å². The van der Waals surface area contributed by atoms with E-state index in [1.54, 1.807) is 0 Å². The molecule has 6 nitrogen and oxygen atoms in total. The van der Waals surface area contributed by atoms with E-state index in [1.807, 2.05) is 0 Å². The van der Waals surface area contributed by atoms with Crippen LogP contribution in [0.3, 0.4) is 0 Å². The van der Waals surface area contributed by atoms with E-state index in [2.05, 4.69) is 59.6 Å². The molecule has 0 saturated heterocycles. The number of hydrogen-bond acceptors (Lipinski definition) is 6. The molecule has 0 N–H and O–H groups in total. The highest BCUT2D eigenvalue weighted by Gasteiger charge is 2.44. The Kier molecular flexibility index (Phi) is 5.93. The predicted molar refractivity (Wildman–Crippen MR) is 94.9 cm³/mol. The van der Waals surface area contributed by atoms with Crippen molar-refractivity contribution in [3.63, 3.8) is 0 Å². The Balaban J connectivity index is 3.34. The van der Waals surface area contributed by atoms with Gasteiger partial charge in [-0.2, -0.15) is 0 Å². The van der Waals surface area contributed by atoms with Gasteiger partial charge in [0.15, 0.2) is 8.32 Å². The SMILES string of the molecule is COC(=O)c1nc(C(O[Si](C)(C)C(C)(C)C)C(C)(C)C)oc1OC. The zero-order valence-corrected chi connectivity index (χ0v) is 17.6. The van der Waals surface area contributed by atoms with Crippen LogP contribution in [0.15, 0.2) is 4.42 Å². The summed E-state index contributed by atoms with van der Waals surface area (Å²) in [6.07, 6.45) is -0.398. The predicted octanol–water partition coefficient (Wildman–Crippen LogP) is 4.58. The van der Waals surface area contributed by atoms with Crippen LogP contribution in [0, 0.1) is 5.41 Å². The molecule has 0 aliphatic heterocycles. The number of ether oxygens (including phenoxy) is 2. The molecule has 1 rings (SSSR count). The van der Waals surface area contributed by atoms with Crippen LogP contribution in [0.1, 0.15) is 64.0 Å². The number of hydrogen-bond donors (Lipinski definition) is 0. The monoisotopic (exact) mass is 357 g/mol. The number of methoxy groups -OCH3 is 2. The molecule has 1 aromatic heterocycles. The lowest BCUT2D eigenvalue weighted by molar-refractivity contribution is 0.0462. The number of rotatable bonds is 5. The van der Waals surface area contributed by atoms with E-state index in [9.17, 15) is 4.79 Å². The number of carbonyl (C=O) groups is 1. The molecule has 0 fully saturated rings. The van der Waals surface area contributed by atoms with Crippen LogP contribution >= 0.6 is 0 Å². The highest BCUT2D eigenvalue weighted by atomic mass is 28.4. The molecule has 0 amide bonds. The molecular weight excluding hydrogens is 326 g/mol. The Morgan fingerprint density at radius 3 is 2.04 bits per heavy atom. The smallest absolute Gasteiger partial charge is 0.364 e. The van der Waals surface area contributed by atoms with Gasteiger partial charge in [0.05, 0.1) is 14.2 Å². The second kappa shape index (κ2) is 6.88. The van der Waals surface area contributed by atoms with Crippen LogP contribution < -0.4 is 4.74 Å². The van der Waals surface area contributed by atoms with Gasteiger partial charge in [-0.15, -0.1) is 0 Å². The zero-order valence-electron chi connectivity index (χ0n) is 16.6. The summed E-state index contributed by atoms with van der Waals surface area (Å²) in [6, 6.07) is 0. The average molecular weight is 358 g/mol. The minimum absolute atomic E-state index is 0.0306. The summed E-state index contributed by atoms with van der Waals surface area (Å²) in [5.41, 5.74) is -0.234. The minimum atomic E-state index is -2.07. The van der Waals surface area contributed by atoms with Gasteiger partial charge in [0.1, 0.15) is 6.10 Å². The van der Waals surface area contributed by atoms with Crippen molar-refractivity contribution < 1.29 is 23.1 Å². The van der Waals surface area contributed by atoms with Crippen LogP contribution in [-0.2, 0) is 9.16 Å². The summed E-state index contributed by atoms with van der Waals surface area (Å²) >= 11 is 0. The molecule has 1 aromatic rings. The van der Waals surface area contributed by atoms with Crippen LogP contribution in [0.25, 0.3) is 0 Å². The van der Waals surface area contributed by atoms with Crippen LogP contribution in [0.4, 0.5) is 0 Å². The fourth-order valence-electron chi connectivity index (χ4n) is 1.87. The fourth-order valence-corrected chi connectivity index (χ4v) is 3.26. The standard InChI is InChI=1S/C17H31NO5Si/c1-16(2,3)12(23-24(9,10)17(4,5)6)13-18-11(14(19)20-7)15(21-8)22-13/h12H,1-10H3. The molecule has 7 heteroatoms. The van der Waals surface area contributed by atoms with Crippen LogP contribution in [0.5, 0.6) is 5.95 Å². The summed E-state index contributed by atoms with van der Waals surface area (Å²) in [5, 5.41) is 0.0400. The molecule has 24 heavy (non-hydrogen) atoms. The summed E-state index contributed by atoms with van der Waals surface area (Å²) in [4.78, 5) is 16.2. The van der Waals surface area contributed by atoms with E-state index < -0.39 is 20.4 Å². The molecule has 1 unspecified atom stereocenters. The van der Waals surface area contributed by atoms with E-state index in [-0.39, 0.29) is 22.1 Å². The maximum Gasteiger partial charge on any atom is 0.364 e. The summed E-state index contributed by atoms with van der Waals surface area (Å²) in [7, 11) is 0.652. The van der Waals surface area contributed by atoms with E-state index >= 15 is 0 Å². The zero-order chi connectivity index (χ0) is 18.9. The molecule has 0 saturated carbocycles. The molecule has 0 radical (unpaired) electrons. The molecule has 1 heterocycles. The molecular formula is C17H31NO5Si. The van der Waals surface area contributed by atoms with E-state index in [0.717, 1.165) is 0 Å².